The lowest BCUT2D eigenvalue weighted by Gasteiger charge is -2.00. The fourth-order valence-electron chi connectivity index (χ4n) is 1.55. The number of tetrazole rings is 1. The summed E-state index contributed by atoms with van der Waals surface area (Å²) in [7, 11) is 0. The third-order valence-corrected chi connectivity index (χ3v) is 4.09. The zero-order valence-corrected chi connectivity index (χ0v) is 11.1. The van der Waals surface area contributed by atoms with Crippen molar-refractivity contribution in [3.63, 3.8) is 0 Å². The van der Waals surface area contributed by atoms with Gasteiger partial charge in [0.2, 0.25) is 5.16 Å². The van der Waals surface area contributed by atoms with E-state index in [2.05, 4.69) is 20.5 Å². The van der Waals surface area contributed by atoms with E-state index in [1.54, 1.807) is 27.8 Å². The zero-order valence-electron chi connectivity index (χ0n) is 9.43. The van der Waals surface area contributed by atoms with Gasteiger partial charge in [-0.05, 0) is 10.4 Å². The van der Waals surface area contributed by atoms with E-state index >= 15 is 0 Å². The summed E-state index contributed by atoms with van der Waals surface area (Å²) < 4.78 is 3.73. The number of rotatable bonds is 5. The number of aromatic nitrogens is 6. The average Bonchev–Trinajstić information content (AvgIpc) is 3.01. The maximum atomic E-state index is 5.49. The van der Waals surface area contributed by atoms with E-state index in [1.807, 2.05) is 22.2 Å². The molecule has 0 unspecified atom stereocenters. The van der Waals surface area contributed by atoms with Crippen LogP contribution in [0.25, 0.3) is 4.96 Å². The van der Waals surface area contributed by atoms with Gasteiger partial charge in [0.15, 0.2) is 4.96 Å². The monoisotopic (exact) mass is 281 g/mol. The Bertz CT molecular complexity index is 611. The lowest BCUT2D eigenvalue weighted by molar-refractivity contribution is 0.557. The van der Waals surface area contributed by atoms with Crippen LogP contribution in [0.3, 0.4) is 0 Å². The highest BCUT2D eigenvalue weighted by molar-refractivity contribution is 7.98. The van der Waals surface area contributed by atoms with Gasteiger partial charge in [0.1, 0.15) is 0 Å². The summed E-state index contributed by atoms with van der Waals surface area (Å²) in [4.78, 5) is 5.51. The van der Waals surface area contributed by atoms with E-state index in [4.69, 9.17) is 5.73 Å². The summed E-state index contributed by atoms with van der Waals surface area (Å²) in [6, 6.07) is 0. The molecule has 2 N–H and O–H groups in total. The molecule has 0 radical (unpaired) electrons. The molecule has 0 saturated heterocycles. The minimum atomic E-state index is 0.527. The first-order chi connectivity index (χ1) is 8.86. The van der Waals surface area contributed by atoms with Crippen LogP contribution in [-0.2, 0) is 12.3 Å². The van der Waals surface area contributed by atoms with Crippen molar-refractivity contribution in [3.8, 4) is 0 Å². The van der Waals surface area contributed by atoms with Crippen molar-refractivity contribution in [3.05, 3.63) is 23.5 Å². The molecule has 7 nitrogen and oxygen atoms in total. The highest BCUT2D eigenvalue weighted by Crippen LogP contribution is 2.20. The second-order valence-corrected chi connectivity index (χ2v) is 5.40. The molecule has 0 aliphatic rings. The van der Waals surface area contributed by atoms with Crippen molar-refractivity contribution in [2.75, 3.05) is 6.54 Å². The lowest BCUT2D eigenvalue weighted by Crippen LogP contribution is -2.12. The van der Waals surface area contributed by atoms with Crippen LogP contribution in [-0.4, -0.2) is 36.1 Å². The molecule has 3 aromatic rings. The first kappa shape index (κ1) is 11.6. The smallest absolute Gasteiger partial charge is 0.209 e. The number of nitrogens with zero attached hydrogens (tertiary/aromatic N) is 6. The molecule has 0 bridgehead atoms. The molecule has 3 heterocycles. The van der Waals surface area contributed by atoms with Gasteiger partial charge in [0, 0.05) is 30.1 Å². The van der Waals surface area contributed by atoms with Gasteiger partial charge in [0.05, 0.1) is 12.2 Å². The topological polar surface area (TPSA) is 86.9 Å². The second-order valence-electron chi connectivity index (χ2n) is 3.59. The Kier molecular flexibility index (Phi) is 3.26. The largest absolute Gasteiger partial charge is 0.329 e. The zero-order chi connectivity index (χ0) is 12.4. The van der Waals surface area contributed by atoms with Crippen molar-refractivity contribution in [2.24, 2.45) is 5.73 Å². The van der Waals surface area contributed by atoms with Crippen molar-refractivity contribution in [2.45, 2.75) is 17.5 Å². The van der Waals surface area contributed by atoms with Crippen molar-refractivity contribution >= 4 is 28.1 Å². The van der Waals surface area contributed by atoms with Crippen molar-refractivity contribution < 1.29 is 0 Å². The van der Waals surface area contributed by atoms with E-state index in [0.29, 0.717) is 13.1 Å². The van der Waals surface area contributed by atoms with Gasteiger partial charge in [-0.2, -0.15) is 0 Å². The molecule has 0 amide bonds. The predicted molar refractivity (Wildman–Crippen MR) is 69.5 cm³/mol. The van der Waals surface area contributed by atoms with Crippen LogP contribution in [0.1, 0.15) is 5.69 Å². The number of fused-ring (bicyclic) bond motifs is 1. The van der Waals surface area contributed by atoms with Crippen molar-refractivity contribution in [1.82, 2.24) is 29.6 Å². The maximum absolute atomic E-state index is 5.49. The summed E-state index contributed by atoms with van der Waals surface area (Å²) in [6.07, 6.45) is 4.02. The van der Waals surface area contributed by atoms with Gasteiger partial charge in [-0.25, -0.2) is 9.67 Å². The van der Waals surface area contributed by atoms with E-state index in [9.17, 15) is 0 Å². The van der Waals surface area contributed by atoms with Gasteiger partial charge in [-0.1, -0.05) is 11.8 Å². The highest BCUT2D eigenvalue weighted by atomic mass is 32.2. The van der Waals surface area contributed by atoms with E-state index in [0.717, 1.165) is 21.6 Å². The highest BCUT2D eigenvalue weighted by Gasteiger charge is 2.08. The number of hydrogen-bond acceptors (Lipinski definition) is 7. The maximum Gasteiger partial charge on any atom is 0.209 e. The van der Waals surface area contributed by atoms with Crippen LogP contribution < -0.4 is 5.73 Å². The molecule has 0 aromatic carbocycles. The Morgan fingerprint density at radius 3 is 3.22 bits per heavy atom. The molecule has 9 heteroatoms. The van der Waals surface area contributed by atoms with Crippen LogP contribution in [0.4, 0.5) is 0 Å². The first-order valence-electron chi connectivity index (χ1n) is 5.37. The number of nitrogens with two attached hydrogens (primary N) is 1. The summed E-state index contributed by atoms with van der Waals surface area (Å²) in [6.45, 7) is 1.16. The third-order valence-electron chi connectivity index (χ3n) is 2.33. The molecule has 94 valence electrons. The predicted octanol–water partition coefficient (Wildman–Crippen LogP) is 0.633. The minimum absolute atomic E-state index is 0.527. The first-order valence-corrected chi connectivity index (χ1v) is 7.23. The van der Waals surface area contributed by atoms with Gasteiger partial charge >= 0.3 is 0 Å². The molecule has 0 aliphatic heterocycles. The molecule has 0 spiro atoms. The Balaban J connectivity index is 1.70. The quantitative estimate of drug-likeness (QED) is 0.690. The molecule has 3 aromatic heterocycles. The summed E-state index contributed by atoms with van der Waals surface area (Å²) in [5.74, 6) is 0.749. The number of hydrogen-bond donors (Lipinski definition) is 1. The molecule has 0 saturated carbocycles. The molecule has 0 aliphatic carbocycles. The lowest BCUT2D eigenvalue weighted by atomic mass is 10.6. The Morgan fingerprint density at radius 2 is 2.39 bits per heavy atom. The Labute approximate surface area is 111 Å². The molecule has 18 heavy (non-hydrogen) atoms. The van der Waals surface area contributed by atoms with Crippen LogP contribution in [0.2, 0.25) is 0 Å². The minimum Gasteiger partial charge on any atom is -0.329 e. The van der Waals surface area contributed by atoms with Crippen LogP contribution >= 0.6 is 23.1 Å². The van der Waals surface area contributed by atoms with E-state index in [1.165, 1.54) is 0 Å². The molecular formula is C9H11N7S2. The van der Waals surface area contributed by atoms with Crippen molar-refractivity contribution in [1.29, 1.82) is 0 Å². The summed E-state index contributed by atoms with van der Waals surface area (Å²) in [5.41, 5.74) is 6.52. The van der Waals surface area contributed by atoms with Gasteiger partial charge < -0.3 is 5.73 Å². The Morgan fingerprint density at radius 1 is 1.44 bits per heavy atom. The van der Waals surface area contributed by atoms with Gasteiger partial charge in [-0.3, -0.25) is 4.40 Å². The number of thioether (sulfide) groups is 1. The summed E-state index contributed by atoms with van der Waals surface area (Å²) >= 11 is 3.19. The molecule has 0 fully saturated rings. The number of imidazole rings is 1. The average molecular weight is 281 g/mol. The normalized spacial score (nSPS) is 11.4. The van der Waals surface area contributed by atoms with E-state index < -0.39 is 0 Å². The SMILES string of the molecule is NCCn1nnnc1SCc1cn2ccsc2n1. The van der Waals surface area contributed by atoms with Crippen LogP contribution in [0, 0.1) is 0 Å². The standard InChI is InChI=1S/C9H11N7S2/c10-1-2-16-9(12-13-14-16)18-6-7-5-15-3-4-17-8(15)11-7/h3-5H,1-2,6,10H2. The molecule has 0 atom stereocenters. The van der Waals surface area contributed by atoms with E-state index in [-0.39, 0.29) is 0 Å². The second kappa shape index (κ2) is 5.04. The van der Waals surface area contributed by atoms with Crippen LogP contribution in [0.5, 0.6) is 0 Å². The fraction of sp³-hybridized carbons (Fsp3) is 0.333. The van der Waals surface area contributed by atoms with Crippen LogP contribution in [0.15, 0.2) is 22.9 Å². The fourth-order valence-corrected chi connectivity index (χ4v) is 3.05. The van der Waals surface area contributed by atoms with Gasteiger partial charge in [-0.15, -0.1) is 16.4 Å². The summed E-state index contributed by atoms with van der Waals surface area (Å²) in [5, 5.41) is 14.3. The van der Waals surface area contributed by atoms with Gasteiger partial charge in [0.25, 0.3) is 0 Å². The molecule has 3 rings (SSSR count). The number of thiazole rings is 1. The Hall–Kier alpha value is -1.45. The third kappa shape index (κ3) is 2.24. The molecular weight excluding hydrogens is 270 g/mol.